The maximum Gasteiger partial charge on any atom is 0.223 e. The zero-order chi connectivity index (χ0) is 12.4. The molecule has 1 aromatic heterocycles. The van der Waals surface area contributed by atoms with Crippen LogP contribution in [0.4, 0.5) is 5.82 Å². The lowest BCUT2D eigenvalue weighted by Gasteiger charge is -2.18. The van der Waals surface area contributed by atoms with Crippen LogP contribution in [0.2, 0.25) is 0 Å². The number of pyridine rings is 1. The first-order chi connectivity index (χ1) is 8.06. The smallest absolute Gasteiger partial charge is 0.223 e. The molecule has 1 amide bonds. The minimum absolute atomic E-state index is 0.250. The van der Waals surface area contributed by atoms with Crippen LogP contribution in [0.15, 0.2) is 18.3 Å². The van der Waals surface area contributed by atoms with Gasteiger partial charge in [0.2, 0.25) is 5.91 Å². The van der Waals surface area contributed by atoms with Crippen molar-refractivity contribution < 1.29 is 4.79 Å². The molecular weight excluding hydrogens is 214 g/mol. The molecule has 17 heavy (non-hydrogen) atoms. The first-order valence-corrected chi connectivity index (χ1v) is 6.04. The first-order valence-electron chi connectivity index (χ1n) is 6.04. The van der Waals surface area contributed by atoms with Gasteiger partial charge in [-0.1, -0.05) is 19.9 Å². The number of amides is 1. The fourth-order valence-electron chi connectivity index (χ4n) is 2.15. The number of aromatic nitrogens is 1. The van der Waals surface area contributed by atoms with E-state index < -0.39 is 0 Å². The van der Waals surface area contributed by atoms with E-state index in [9.17, 15) is 4.79 Å². The number of nitrogen functional groups attached to an aromatic ring is 1. The van der Waals surface area contributed by atoms with Crippen LogP contribution in [-0.4, -0.2) is 22.3 Å². The molecule has 0 aliphatic carbocycles. The van der Waals surface area contributed by atoms with Gasteiger partial charge in [0.25, 0.3) is 0 Å². The van der Waals surface area contributed by atoms with Crippen molar-refractivity contribution in [1.29, 1.82) is 0 Å². The molecule has 4 nitrogen and oxygen atoms in total. The number of nitrogens with two attached hydrogens (primary N) is 1. The minimum atomic E-state index is 0.250. The monoisotopic (exact) mass is 233 g/mol. The van der Waals surface area contributed by atoms with Crippen LogP contribution in [-0.2, 0) is 11.3 Å². The van der Waals surface area contributed by atoms with E-state index in [0.29, 0.717) is 30.6 Å². The van der Waals surface area contributed by atoms with Crippen molar-refractivity contribution in [2.24, 2.45) is 11.8 Å². The molecule has 4 heteroatoms. The summed E-state index contributed by atoms with van der Waals surface area (Å²) in [7, 11) is 0. The molecule has 2 N–H and O–H groups in total. The van der Waals surface area contributed by atoms with Crippen molar-refractivity contribution in [3.63, 3.8) is 0 Å². The minimum Gasteiger partial charge on any atom is -0.384 e. The van der Waals surface area contributed by atoms with E-state index in [2.05, 4.69) is 18.8 Å². The maximum absolute atomic E-state index is 11.8. The van der Waals surface area contributed by atoms with Crippen molar-refractivity contribution >= 4 is 11.7 Å². The quantitative estimate of drug-likeness (QED) is 0.864. The standard InChI is InChI=1S/C13H19N3O/c1-9(2)11-5-13(17)16(8-11)7-10-3-4-12(14)15-6-10/h3-4,6,9,11H,5,7-8H2,1-2H3,(H2,14,15). The molecule has 0 spiro atoms. The first kappa shape index (κ1) is 11.9. The number of nitrogens with zero attached hydrogens (tertiary/aromatic N) is 2. The molecule has 2 rings (SSSR count). The van der Waals surface area contributed by atoms with Crippen molar-refractivity contribution in [1.82, 2.24) is 9.88 Å². The normalized spacial score (nSPS) is 20.3. The Labute approximate surface area is 102 Å². The molecule has 0 radical (unpaired) electrons. The summed E-state index contributed by atoms with van der Waals surface area (Å²) in [6.07, 6.45) is 2.42. The van der Waals surface area contributed by atoms with Gasteiger partial charge in [0.05, 0.1) is 0 Å². The van der Waals surface area contributed by atoms with E-state index in [0.717, 1.165) is 12.1 Å². The second-order valence-corrected chi connectivity index (χ2v) is 5.07. The number of carbonyl (C=O) groups is 1. The van der Waals surface area contributed by atoms with E-state index in [1.165, 1.54) is 0 Å². The highest BCUT2D eigenvalue weighted by molar-refractivity contribution is 5.78. The predicted octanol–water partition coefficient (Wildman–Crippen LogP) is 1.67. The van der Waals surface area contributed by atoms with Gasteiger partial charge in [0.15, 0.2) is 0 Å². The van der Waals surface area contributed by atoms with Gasteiger partial charge in [0.1, 0.15) is 5.82 Å². The van der Waals surface area contributed by atoms with Crippen LogP contribution in [0.1, 0.15) is 25.8 Å². The zero-order valence-electron chi connectivity index (χ0n) is 10.4. The van der Waals surface area contributed by atoms with Crippen LogP contribution >= 0.6 is 0 Å². The highest BCUT2D eigenvalue weighted by Gasteiger charge is 2.31. The summed E-state index contributed by atoms with van der Waals surface area (Å²) in [6, 6.07) is 3.70. The molecule has 1 atom stereocenters. The van der Waals surface area contributed by atoms with Gasteiger partial charge in [0, 0.05) is 25.7 Å². The third kappa shape index (κ3) is 2.75. The molecule has 1 aliphatic heterocycles. The van der Waals surface area contributed by atoms with Crippen molar-refractivity contribution in [2.75, 3.05) is 12.3 Å². The van der Waals surface area contributed by atoms with Crippen LogP contribution in [0, 0.1) is 11.8 Å². The molecular formula is C13H19N3O. The number of anilines is 1. The Hall–Kier alpha value is -1.58. The highest BCUT2D eigenvalue weighted by Crippen LogP contribution is 2.25. The van der Waals surface area contributed by atoms with Crippen LogP contribution in [0.5, 0.6) is 0 Å². The summed E-state index contributed by atoms with van der Waals surface area (Å²) in [5.74, 6) is 1.82. The van der Waals surface area contributed by atoms with Gasteiger partial charge >= 0.3 is 0 Å². The fraction of sp³-hybridized carbons (Fsp3) is 0.538. The van der Waals surface area contributed by atoms with Crippen LogP contribution < -0.4 is 5.73 Å². The summed E-state index contributed by atoms with van der Waals surface area (Å²) in [4.78, 5) is 17.8. The number of carbonyl (C=O) groups excluding carboxylic acids is 1. The highest BCUT2D eigenvalue weighted by atomic mass is 16.2. The zero-order valence-corrected chi connectivity index (χ0v) is 10.4. The second kappa shape index (κ2) is 4.73. The van der Waals surface area contributed by atoms with Gasteiger partial charge in [-0.3, -0.25) is 4.79 Å². The number of hydrogen-bond acceptors (Lipinski definition) is 3. The average molecular weight is 233 g/mol. The largest absolute Gasteiger partial charge is 0.384 e. The SMILES string of the molecule is CC(C)C1CC(=O)N(Cc2ccc(N)nc2)C1. The van der Waals surface area contributed by atoms with Gasteiger partial charge in [-0.25, -0.2) is 4.98 Å². The summed E-state index contributed by atoms with van der Waals surface area (Å²) in [6.45, 7) is 5.86. The van der Waals surface area contributed by atoms with Crippen molar-refractivity contribution in [3.8, 4) is 0 Å². The third-order valence-corrected chi connectivity index (χ3v) is 3.41. The van der Waals surface area contributed by atoms with E-state index >= 15 is 0 Å². The lowest BCUT2D eigenvalue weighted by atomic mass is 9.95. The van der Waals surface area contributed by atoms with Gasteiger partial charge < -0.3 is 10.6 Å². The van der Waals surface area contributed by atoms with Crippen molar-refractivity contribution in [3.05, 3.63) is 23.9 Å². The molecule has 1 fully saturated rings. The maximum atomic E-state index is 11.8. The Morgan fingerprint density at radius 1 is 1.53 bits per heavy atom. The Balaban J connectivity index is 2.00. The molecule has 0 bridgehead atoms. The molecule has 1 aromatic rings. The van der Waals surface area contributed by atoms with E-state index in [1.54, 1.807) is 12.3 Å². The Morgan fingerprint density at radius 2 is 2.29 bits per heavy atom. The van der Waals surface area contributed by atoms with E-state index in [-0.39, 0.29) is 5.91 Å². The number of rotatable bonds is 3. The molecule has 2 heterocycles. The van der Waals surface area contributed by atoms with Gasteiger partial charge in [-0.15, -0.1) is 0 Å². The van der Waals surface area contributed by atoms with E-state index in [1.807, 2.05) is 11.0 Å². The number of likely N-dealkylation sites (tertiary alicyclic amines) is 1. The molecule has 0 saturated carbocycles. The molecule has 1 unspecified atom stereocenters. The molecule has 1 saturated heterocycles. The van der Waals surface area contributed by atoms with Crippen LogP contribution in [0.3, 0.4) is 0 Å². The average Bonchev–Trinajstić information content (AvgIpc) is 2.64. The van der Waals surface area contributed by atoms with Crippen molar-refractivity contribution in [2.45, 2.75) is 26.8 Å². The topological polar surface area (TPSA) is 59.2 Å². The number of hydrogen-bond donors (Lipinski definition) is 1. The summed E-state index contributed by atoms with van der Waals surface area (Å²) in [5, 5.41) is 0. The second-order valence-electron chi connectivity index (χ2n) is 5.07. The molecule has 0 aromatic carbocycles. The lowest BCUT2D eigenvalue weighted by molar-refractivity contribution is -0.128. The molecule has 92 valence electrons. The Morgan fingerprint density at radius 3 is 2.82 bits per heavy atom. The predicted molar refractivity (Wildman–Crippen MR) is 67.0 cm³/mol. The van der Waals surface area contributed by atoms with Gasteiger partial charge in [-0.05, 0) is 23.5 Å². The summed E-state index contributed by atoms with van der Waals surface area (Å²) >= 11 is 0. The summed E-state index contributed by atoms with van der Waals surface area (Å²) in [5.41, 5.74) is 6.57. The van der Waals surface area contributed by atoms with Gasteiger partial charge in [-0.2, -0.15) is 0 Å². The third-order valence-electron chi connectivity index (χ3n) is 3.41. The fourth-order valence-corrected chi connectivity index (χ4v) is 2.15. The Bertz CT molecular complexity index is 400. The summed E-state index contributed by atoms with van der Waals surface area (Å²) < 4.78 is 0. The lowest BCUT2D eigenvalue weighted by Crippen LogP contribution is -2.25. The molecule has 1 aliphatic rings. The van der Waals surface area contributed by atoms with Crippen LogP contribution in [0.25, 0.3) is 0 Å². The Kier molecular flexibility index (Phi) is 3.31. The van der Waals surface area contributed by atoms with E-state index in [4.69, 9.17) is 5.73 Å².